The summed E-state index contributed by atoms with van der Waals surface area (Å²) >= 11 is 0. The summed E-state index contributed by atoms with van der Waals surface area (Å²) in [6, 6.07) is 4.87. The van der Waals surface area contributed by atoms with Gasteiger partial charge in [-0.1, -0.05) is 0 Å². The predicted molar refractivity (Wildman–Crippen MR) is 99.6 cm³/mol. The fraction of sp³-hybridized carbons (Fsp3) is 0.588. The summed E-state index contributed by atoms with van der Waals surface area (Å²) in [5, 5.41) is 2.86. The van der Waals surface area contributed by atoms with Gasteiger partial charge in [-0.25, -0.2) is 13.1 Å². The van der Waals surface area contributed by atoms with Gasteiger partial charge in [0.2, 0.25) is 10.0 Å². The van der Waals surface area contributed by atoms with Crippen molar-refractivity contribution < 1.29 is 13.2 Å². The number of benzene rings is 1. The van der Waals surface area contributed by atoms with E-state index in [1.165, 1.54) is 13.1 Å². The average Bonchev–Trinajstić information content (AvgIpc) is 2.53. The van der Waals surface area contributed by atoms with Crippen molar-refractivity contribution in [3.05, 3.63) is 23.8 Å². The zero-order valence-corrected chi connectivity index (χ0v) is 16.4. The fourth-order valence-electron chi connectivity index (χ4n) is 2.70. The molecule has 0 aliphatic carbocycles. The second kappa shape index (κ2) is 7.31. The molecular formula is C17H28N4O3S. The van der Waals surface area contributed by atoms with Gasteiger partial charge in [0.15, 0.2) is 0 Å². The summed E-state index contributed by atoms with van der Waals surface area (Å²) in [5.41, 5.74) is 0.575. The molecule has 1 heterocycles. The quantitative estimate of drug-likeness (QED) is 0.824. The Morgan fingerprint density at radius 2 is 1.72 bits per heavy atom. The summed E-state index contributed by atoms with van der Waals surface area (Å²) in [6.07, 6.45) is 0. The van der Waals surface area contributed by atoms with E-state index in [9.17, 15) is 13.2 Å². The zero-order valence-electron chi connectivity index (χ0n) is 15.6. The summed E-state index contributed by atoms with van der Waals surface area (Å²) in [6.45, 7) is 8.88. The molecule has 1 fully saturated rings. The first kappa shape index (κ1) is 19.7. The van der Waals surface area contributed by atoms with Crippen molar-refractivity contribution in [1.82, 2.24) is 14.9 Å². The van der Waals surface area contributed by atoms with Crippen LogP contribution in [-0.2, 0) is 10.0 Å². The first-order valence-corrected chi connectivity index (χ1v) is 9.85. The Labute approximate surface area is 150 Å². The maximum absolute atomic E-state index is 12.5. The Morgan fingerprint density at radius 1 is 1.12 bits per heavy atom. The van der Waals surface area contributed by atoms with Gasteiger partial charge >= 0.3 is 0 Å². The van der Waals surface area contributed by atoms with Crippen LogP contribution in [0.25, 0.3) is 0 Å². The van der Waals surface area contributed by atoms with Crippen molar-refractivity contribution >= 4 is 21.6 Å². The largest absolute Gasteiger partial charge is 0.368 e. The number of hydrogen-bond donors (Lipinski definition) is 2. The molecule has 0 radical (unpaired) electrons. The Hall–Kier alpha value is -1.64. The topological polar surface area (TPSA) is 81.7 Å². The second-order valence-electron chi connectivity index (χ2n) is 7.38. The molecule has 0 atom stereocenters. The number of likely N-dealkylation sites (N-methyl/N-ethyl adjacent to an activating group) is 1. The number of nitrogens with zero attached hydrogens (tertiary/aromatic N) is 2. The van der Waals surface area contributed by atoms with Crippen molar-refractivity contribution in [2.24, 2.45) is 0 Å². The number of nitrogens with one attached hydrogen (secondary N) is 2. The lowest BCUT2D eigenvalue weighted by Crippen LogP contribution is -2.45. The van der Waals surface area contributed by atoms with Crippen LogP contribution >= 0.6 is 0 Å². The molecule has 0 spiro atoms. The maximum Gasteiger partial charge on any atom is 0.251 e. The Morgan fingerprint density at radius 3 is 2.24 bits per heavy atom. The van der Waals surface area contributed by atoms with E-state index in [1.54, 1.807) is 12.1 Å². The highest BCUT2D eigenvalue weighted by Gasteiger charge is 2.25. The normalized spacial score (nSPS) is 16.8. The van der Waals surface area contributed by atoms with Gasteiger partial charge in [0.1, 0.15) is 4.90 Å². The van der Waals surface area contributed by atoms with Gasteiger partial charge < -0.3 is 15.1 Å². The number of anilines is 1. The van der Waals surface area contributed by atoms with E-state index in [2.05, 4.69) is 19.8 Å². The highest BCUT2D eigenvalue weighted by atomic mass is 32.2. The molecule has 0 saturated carbocycles. The van der Waals surface area contributed by atoms with Crippen LogP contribution in [0.2, 0.25) is 0 Å². The Balaban J connectivity index is 2.42. The van der Waals surface area contributed by atoms with Gasteiger partial charge in [0.25, 0.3) is 5.91 Å². The van der Waals surface area contributed by atoms with Gasteiger partial charge in [-0.2, -0.15) is 0 Å². The van der Waals surface area contributed by atoms with Crippen LogP contribution in [0.5, 0.6) is 0 Å². The molecule has 2 N–H and O–H groups in total. The van der Waals surface area contributed by atoms with Crippen LogP contribution in [0.1, 0.15) is 31.1 Å². The SMILES string of the molecule is CNS(=O)(=O)c1cc(C(=O)NC(C)(C)C)ccc1N1CCN(C)CC1. The van der Waals surface area contributed by atoms with Crippen molar-refractivity contribution in [3.8, 4) is 0 Å². The minimum Gasteiger partial charge on any atom is -0.368 e. The minimum absolute atomic E-state index is 0.140. The second-order valence-corrected chi connectivity index (χ2v) is 9.24. The molecule has 2 rings (SSSR count). The number of carbonyl (C=O) groups is 1. The van der Waals surface area contributed by atoms with Crippen LogP contribution < -0.4 is 14.9 Å². The molecule has 0 unspecified atom stereocenters. The van der Waals surface area contributed by atoms with Crippen LogP contribution in [0, 0.1) is 0 Å². The van der Waals surface area contributed by atoms with Crippen LogP contribution in [0.3, 0.4) is 0 Å². The lowest BCUT2D eigenvalue weighted by Gasteiger charge is -2.35. The molecule has 0 aromatic heterocycles. The highest BCUT2D eigenvalue weighted by Crippen LogP contribution is 2.27. The number of piperazine rings is 1. The predicted octanol–water partition coefficient (Wildman–Crippen LogP) is 0.875. The first-order chi connectivity index (χ1) is 11.5. The van der Waals surface area contributed by atoms with Gasteiger partial charge in [0.05, 0.1) is 5.69 Å². The standard InChI is InChI=1S/C17H28N4O3S/c1-17(2,3)19-16(22)13-6-7-14(15(12-13)25(23,24)18-4)21-10-8-20(5)9-11-21/h6-7,12,18H,8-11H2,1-5H3,(H,19,22). The molecule has 1 amide bonds. The molecule has 1 saturated heterocycles. The molecule has 25 heavy (non-hydrogen) atoms. The maximum atomic E-state index is 12.5. The number of sulfonamides is 1. The van der Waals surface area contributed by atoms with Crippen molar-refractivity contribution in [2.45, 2.75) is 31.2 Å². The van der Waals surface area contributed by atoms with E-state index in [0.717, 1.165) is 26.2 Å². The summed E-state index contributed by atoms with van der Waals surface area (Å²) in [4.78, 5) is 16.8. The molecule has 8 heteroatoms. The van der Waals surface area contributed by atoms with E-state index in [-0.39, 0.29) is 10.8 Å². The molecule has 1 aliphatic heterocycles. The lowest BCUT2D eigenvalue weighted by molar-refractivity contribution is 0.0919. The van der Waals surface area contributed by atoms with Crippen LogP contribution in [-0.4, -0.2) is 65.0 Å². The molecular weight excluding hydrogens is 340 g/mol. The van der Waals surface area contributed by atoms with E-state index < -0.39 is 15.6 Å². The highest BCUT2D eigenvalue weighted by molar-refractivity contribution is 7.89. The summed E-state index contributed by atoms with van der Waals surface area (Å²) < 4.78 is 27.4. The van der Waals surface area contributed by atoms with Crippen LogP contribution in [0.15, 0.2) is 23.1 Å². The number of carbonyl (C=O) groups excluding carboxylic acids is 1. The fourth-order valence-corrected chi connectivity index (χ4v) is 3.68. The minimum atomic E-state index is -3.68. The third-order valence-corrected chi connectivity index (χ3v) is 5.56. The van der Waals surface area contributed by atoms with E-state index >= 15 is 0 Å². The summed E-state index contributed by atoms with van der Waals surface area (Å²) in [7, 11) is -0.253. The molecule has 1 aromatic rings. The van der Waals surface area contributed by atoms with E-state index in [1.807, 2.05) is 27.8 Å². The molecule has 0 bridgehead atoms. The van der Waals surface area contributed by atoms with Gasteiger partial charge in [-0.3, -0.25) is 4.79 Å². The summed E-state index contributed by atoms with van der Waals surface area (Å²) in [5.74, 6) is -0.287. The van der Waals surface area contributed by atoms with Gasteiger partial charge in [0, 0.05) is 37.3 Å². The van der Waals surface area contributed by atoms with Crippen molar-refractivity contribution in [2.75, 3.05) is 45.2 Å². The third-order valence-electron chi connectivity index (χ3n) is 4.11. The lowest BCUT2D eigenvalue weighted by atomic mass is 10.1. The Bertz CT molecular complexity index is 733. The number of rotatable bonds is 4. The van der Waals surface area contributed by atoms with Gasteiger partial charge in [-0.15, -0.1) is 0 Å². The molecule has 1 aromatic carbocycles. The number of amides is 1. The smallest absolute Gasteiger partial charge is 0.251 e. The van der Waals surface area contributed by atoms with Crippen molar-refractivity contribution in [3.63, 3.8) is 0 Å². The average molecular weight is 369 g/mol. The number of hydrogen-bond acceptors (Lipinski definition) is 5. The van der Waals surface area contributed by atoms with Gasteiger partial charge in [-0.05, 0) is 53.1 Å². The van der Waals surface area contributed by atoms with Crippen molar-refractivity contribution in [1.29, 1.82) is 0 Å². The molecule has 7 nitrogen and oxygen atoms in total. The third kappa shape index (κ3) is 4.93. The monoisotopic (exact) mass is 368 g/mol. The molecule has 140 valence electrons. The first-order valence-electron chi connectivity index (χ1n) is 8.37. The zero-order chi connectivity index (χ0) is 18.8. The Kier molecular flexibility index (Phi) is 5.75. The van der Waals surface area contributed by atoms with Crippen LogP contribution in [0.4, 0.5) is 5.69 Å². The van der Waals surface area contributed by atoms with E-state index in [0.29, 0.717) is 11.3 Å². The van der Waals surface area contributed by atoms with E-state index in [4.69, 9.17) is 0 Å². The molecule has 1 aliphatic rings.